The molecule has 11 heavy (non-hydrogen) atoms. The number of rotatable bonds is 2. The molecule has 0 spiro atoms. The molecule has 0 saturated carbocycles. The molecule has 0 fully saturated rings. The second kappa shape index (κ2) is 5.12. The van der Waals surface area contributed by atoms with Gasteiger partial charge < -0.3 is 10.9 Å². The Morgan fingerprint density at radius 1 is 1.09 bits per heavy atom. The zero-order chi connectivity index (χ0) is 7.40. The molecular formula is C8H11LiO2. The average Bonchev–Trinajstić information content (AvgIpc) is 2.05. The molecule has 0 heterocycles. The fraction of sp³-hybridized carbons (Fsp3) is 0.250. The number of ether oxygens (including phenoxy) is 2. The SMILES string of the molecule is COc1cccc(OC)c1.[H-].[Li+]. The molecule has 0 bridgehead atoms. The van der Waals surface area contributed by atoms with Crippen LogP contribution in [0.2, 0.25) is 0 Å². The standard InChI is InChI=1S/C8H10O2.Li.H/c1-9-7-4-3-5-8(6-7)10-2;;/h3-6H,1-2H3;;/q;+1;-1. The maximum Gasteiger partial charge on any atom is 1.00 e. The van der Waals surface area contributed by atoms with E-state index in [2.05, 4.69) is 0 Å². The first-order valence-corrected chi connectivity index (χ1v) is 3.05. The molecule has 0 aromatic heterocycles. The summed E-state index contributed by atoms with van der Waals surface area (Å²) in [5.74, 6) is 1.64. The Morgan fingerprint density at radius 3 is 1.91 bits per heavy atom. The zero-order valence-electron chi connectivity index (χ0n) is 8.13. The summed E-state index contributed by atoms with van der Waals surface area (Å²) in [7, 11) is 3.27. The third kappa shape index (κ3) is 2.88. The number of hydrogen-bond donors (Lipinski definition) is 0. The van der Waals surface area contributed by atoms with Crippen LogP contribution in [0.4, 0.5) is 0 Å². The van der Waals surface area contributed by atoms with Crippen molar-refractivity contribution in [1.82, 2.24) is 0 Å². The van der Waals surface area contributed by atoms with Crippen molar-refractivity contribution < 1.29 is 29.8 Å². The van der Waals surface area contributed by atoms with E-state index in [-0.39, 0.29) is 20.3 Å². The molecule has 2 nitrogen and oxygen atoms in total. The minimum absolute atomic E-state index is 0. The molecule has 56 valence electrons. The largest absolute Gasteiger partial charge is 1.00 e. The van der Waals surface area contributed by atoms with Crippen LogP contribution in [0.5, 0.6) is 11.5 Å². The van der Waals surface area contributed by atoms with Gasteiger partial charge in [-0.1, -0.05) is 6.07 Å². The van der Waals surface area contributed by atoms with Gasteiger partial charge in [0.05, 0.1) is 14.2 Å². The maximum absolute atomic E-state index is 4.98. The van der Waals surface area contributed by atoms with Crippen LogP contribution in [0.1, 0.15) is 1.43 Å². The normalized spacial score (nSPS) is 8.18. The van der Waals surface area contributed by atoms with Crippen LogP contribution in [-0.4, -0.2) is 14.2 Å². The Hall–Kier alpha value is -0.583. The van der Waals surface area contributed by atoms with Gasteiger partial charge in [-0.3, -0.25) is 0 Å². The molecule has 0 unspecified atom stereocenters. The molecule has 0 atom stereocenters. The molecule has 0 amide bonds. The van der Waals surface area contributed by atoms with Gasteiger partial charge in [-0.05, 0) is 12.1 Å². The third-order valence-corrected chi connectivity index (χ3v) is 1.28. The van der Waals surface area contributed by atoms with Crippen molar-refractivity contribution in [3.05, 3.63) is 24.3 Å². The number of methoxy groups -OCH3 is 2. The predicted octanol–water partition coefficient (Wildman–Crippen LogP) is -1.18. The molecule has 0 radical (unpaired) electrons. The summed E-state index contributed by atoms with van der Waals surface area (Å²) in [6.07, 6.45) is 0. The molecule has 0 aliphatic carbocycles. The second-order valence-electron chi connectivity index (χ2n) is 1.88. The van der Waals surface area contributed by atoms with E-state index in [1.165, 1.54) is 0 Å². The van der Waals surface area contributed by atoms with Crippen LogP contribution in [-0.2, 0) is 0 Å². The van der Waals surface area contributed by atoms with Crippen molar-refractivity contribution in [2.45, 2.75) is 0 Å². The van der Waals surface area contributed by atoms with Crippen molar-refractivity contribution in [1.29, 1.82) is 0 Å². The topological polar surface area (TPSA) is 18.5 Å². The quantitative estimate of drug-likeness (QED) is 0.489. The summed E-state index contributed by atoms with van der Waals surface area (Å²) < 4.78 is 9.95. The maximum atomic E-state index is 4.98. The summed E-state index contributed by atoms with van der Waals surface area (Å²) in [6, 6.07) is 7.47. The van der Waals surface area contributed by atoms with Gasteiger partial charge in [0.25, 0.3) is 0 Å². The minimum Gasteiger partial charge on any atom is -1.00 e. The molecular weight excluding hydrogens is 135 g/mol. The van der Waals surface area contributed by atoms with Crippen molar-refractivity contribution in [2.24, 2.45) is 0 Å². The molecule has 1 rings (SSSR count). The zero-order valence-corrected chi connectivity index (χ0v) is 7.13. The van der Waals surface area contributed by atoms with Gasteiger partial charge in [0, 0.05) is 6.07 Å². The van der Waals surface area contributed by atoms with Gasteiger partial charge in [-0.15, -0.1) is 0 Å². The molecule has 1 aromatic carbocycles. The second-order valence-corrected chi connectivity index (χ2v) is 1.88. The smallest absolute Gasteiger partial charge is 1.00 e. The van der Waals surface area contributed by atoms with Gasteiger partial charge >= 0.3 is 18.9 Å². The van der Waals surface area contributed by atoms with E-state index in [9.17, 15) is 0 Å². The predicted molar refractivity (Wildman–Crippen MR) is 40.7 cm³/mol. The van der Waals surface area contributed by atoms with Crippen molar-refractivity contribution in [3.63, 3.8) is 0 Å². The third-order valence-electron chi connectivity index (χ3n) is 1.28. The summed E-state index contributed by atoms with van der Waals surface area (Å²) in [5.41, 5.74) is 0. The van der Waals surface area contributed by atoms with Gasteiger partial charge in [0.15, 0.2) is 0 Å². The molecule has 1 aromatic rings. The van der Waals surface area contributed by atoms with E-state index in [4.69, 9.17) is 9.47 Å². The van der Waals surface area contributed by atoms with Crippen molar-refractivity contribution in [2.75, 3.05) is 14.2 Å². The Balaban J connectivity index is 0. The van der Waals surface area contributed by atoms with Crippen molar-refractivity contribution >= 4 is 0 Å². The molecule has 0 aliphatic rings. The van der Waals surface area contributed by atoms with Crippen LogP contribution >= 0.6 is 0 Å². The average molecular weight is 146 g/mol. The summed E-state index contributed by atoms with van der Waals surface area (Å²) in [5, 5.41) is 0. The first-order valence-electron chi connectivity index (χ1n) is 3.05. The summed E-state index contributed by atoms with van der Waals surface area (Å²) >= 11 is 0. The van der Waals surface area contributed by atoms with E-state index in [1.807, 2.05) is 24.3 Å². The molecule has 0 N–H and O–H groups in total. The van der Waals surface area contributed by atoms with Gasteiger partial charge in [-0.25, -0.2) is 0 Å². The summed E-state index contributed by atoms with van der Waals surface area (Å²) in [4.78, 5) is 0. The first-order chi connectivity index (χ1) is 4.86. The molecule has 0 saturated heterocycles. The van der Waals surface area contributed by atoms with E-state index >= 15 is 0 Å². The van der Waals surface area contributed by atoms with Crippen LogP contribution in [0.25, 0.3) is 0 Å². The van der Waals surface area contributed by atoms with Crippen molar-refractivity contribution in [3.8, 4) is 11.5 Å². The monoisotopic (exact) mass is 146 g/mol. The van der Waals surface area contributed by atoms with Gasteiger partial charge in [0.1, 0.15) is 11.5 Å². The van der Waals surface area contributed by atoms with E-state index < -0.39 is 0 Å². The Bertz CT molecular complexity index is 199. The molecule has 0 aliphatic heterocycles. The number of benzene rings is 1. The Kier molecular flexibility index (Phi) is 4.85. The van der Waals surface area contributed by atoms with E-state index in [0.717, 1.165) is 11.5 Å². The van der Waals surface area contributed by atoms with Crippen LogP contribution in [0, 0.1) is 0 Å². The van der Waals surface area contributed by atoms with Crippen LogP contribution < -0.4 is 28.3 Å². The number of hydrogen-bond acceptors (Lipinski definition) is 2. The fourth-order valence-corrected chi connectivity index (χ4v) is 0.728. The first kappa shape index (κ1) is 10.4. The Labute approximate surface area is 80.2 Å². The van der Waals surface area contributed by atoms with Gasteiger partial charge in [-0.2, -0.15) is 0 Å². The summed E-state index contributed by atoms with van der Waals surface area (Å²) in [6.45, 7) is 0. The van der Waals surface area contributed by atoms with E-state index in [0.29, 0.717) is 0 Å². The van der Waals surface area contributed by atoms with Crippen LogP contribution in [0.3, 0.4) is 0 Å². The van der Waals surface area contributed by atoms with Crippen LogP contribution in [0.15, 0.2) is 24.3 Å². The van der Waals surface area contributed by atoms with Gasteiger partial charge in [0.2, 0.25) is 0 Å². The van der Waals surface area contributed by atoms with E-state index in [1.54, 1.807) is 14.2 Å². The molecule has 3 heteroatoms. The fourth-order valence-electron chi connectivity index (χ4n) is 0.728. The Morgan fingerprint density at radius 2 is 1.55 bits per heavy atom. The minimum atomic E-state index is 0.